The van der Waals surface area contributed by atoms with Crippen molar-refractivity contribution in [2.24, 2.45) is 0 Å². The molecule has 0 aliphatic carbocycles. The molecule has 1 fully saturated rings. The fourth-order valence-corrected chi connectivity index (χ4v) is 4.82. The van der Waals surface area contributed by atoms with Crippen molar-refractivity contribution in [1.29, 1.82) is 0 Å². The molecule has 11 heteroatoms. The molecule has 0 saturated carbocycles. The molecule has 1 aliphatic rings. The number of rotatable bonds is 8. The van der Waals surface area contributed by atoms with Gasteiger partial charge in [0.2, 0.25) is 26.0 Å². The lowest BCUT2D eigenvalue weighted by atomic mass is 10.1. The average molecular weight is 434 g/mol. The van der Waals surface area contributed by atoms with Crippen LogP contribution < -0.4 is 14.2 Å². The van der Waals surface area contributed by atoms with Crippen molar-refractivity contribution in [3.05, 3.63) is 24.3 Å². The molecule has 158 valence electrons. The largest absolute Gasteiger partial charge is 0.491 e. The second-order valence-corrected chi connectivity index (χ2v) is 10.6. The van der Waals surface area contributed by atoms with Gasteiger partial charge in [-0.1, -0.05) is 0 Å². The van der Waals surface area contributed by atoms with E-state index >= 15 is 0 Å². The lowest BCUT2D eigenvalue weighted by Gasteiger charge is -2.32. The van der Waals surface area contributed by atoms with Gasteiger partial charge in [-0.25, -0.2) is 21.6 Å². The van der Waals surface area contributed by atoms with Crippen molar-refractivity contribution < 1.29 is 26.4 Å². The number of nitrogens with zero attached hydrogens (tertiary/aromatic N) is 1. The van der Waals surface area contributed by atoms with Gasteiger partial charge in [0, 0.05) is 24.8 Å². The van der Waals surface area contributed by atoms with Gasteiger partial charge >= 0.3 is 0 Å². The summed E-state index contributed by atoms with van der Waals surface area (Å²) in [4.78, 5) is 13.8. The predicted octanol–water partition coefficient (Wildman–Crippen LogP) is 0.756. The second-order valence-electron chi connectivity index (χ2n) is 7.12. The summed E-state index contributed by atoms with van der Waals surface area (Å²) in [6.45, 7) is 4.33. The van der Waals surface area contributed by atoms with Crippen LogP contribution >= 0.6 is 0 Å². The molecule has 0 bridgehead atoms. The molecular weight excluding hydrogens is 406 g/mol. The minimum Gasteiger partial charge on any atom is -0.491 e. The van der Waals surface area contributed by atoms with E-state index in [-0.39, 0.29) is 12.6 Å². The number of carbonyl (C=O) groups excluding carboxylic acids is 1. The van der Waals surface area contributed by atoms with Crippen molar-refractivity contribution in [3.8, 4) is 5.75 Å². The topological polar surface area (TPSA) is 122 Å². The summed E-state index contributed by atoms with van der Waals surface area (Å²) in [7, 11) is -7.28. The van der Waals surface area contributed by atoms with Crippen LogP contribution in [0.4, 0.5) is 5.69 Å². The zero-order valence-electron chi connectivity index (χ0n) is 16.2. The number of nitrogens with one attached hydrogen (secondary N) is 2. The van der Waals surface area contributed by atoms with Crippen molar-refractivity contribution in [1.82, 2.24) is 9.62 Å². The van der Waals surface area contributed by atoms with Gasteiger partial charge in [-0.3, -0.25) is 9.52 Å². The van der Waals surface area contributed by atoms with E-state index in [0.29, 0.717) is 30.8 Å². The maximum Gasteiger partial charge on any atom is 0.241 e. The molecule has 0 aromatic heterocycles. The van der Waals surface area contributed by atoms with Crippen molar-refractivity contribution in [2.75, 3.05) is 29.8 Å². The highest BCUT2D eigenvalue weighted by Gasteiger charge is 2.28. The van der Waals surface area contributed by atoms with Crippen LogP contribution in [0.3, 0.4) is 0 Å². The molecule has 1 saturated heterocycles. The first-order valence-corrected chi connectivity index (χ1v) is 12.5. The molecule has 1 aromatic carbocycles. The number of anilines is 1. The fourth-order valence-electron chi connectivity index (χ4n) is 2.95. The van der Waals surface area contributed by atoms with E-state index in [2.05, 4.69) is 9.44 Å². The Morgan fingerprint density at radius 2 is 1.86 bits per heavy atom. The van der Waals surface area contributed by atoms with Gasteiger partial charge in [-0.15, -0.1) is 0 Å². The van der Waals surface area contributed by atoms with Crippen LogP contribution in [0.2, 0.25) is 0 Å². The molecule has 1 atom stereocenters. The number of benzene rings is 1. The van der Waals surface area contributed by atoms with Gasteiger partial charge in [-0.05, 0) is 51.0 Å². The molecule has 2 N–H and O–H groups in total. The molecule has 1 aliphatic heterocycles. The quantitative estimate of drug-likeness (QED) is 0.624. The Hall–Kier alpha value is -1.85. The summed E-state index contributed by atoms with van der Waals surface area (Å²) in [6.07, 6.45) is 2.27. The van der Waals surface area contributed by atoms with Crippen LogP contribution in [-0.2, 0) is 24.8 Å². The molecule has 0 radical (unpaired) electrons. The molecule has 1 unspecified atom stereocenters. The standard InChI is InChI=1S/C17H27N3O6S2/c1-13(2)26-16-8-6-14(7-9-16)19-28(24,25)12-17(21)20-10-4-5-15(11-20)18-27(3,22)23/h6-9,13,15,18-19H,4-5,10-12H2,1-3H3. The van der Waals surface area contributed by atoms with Crippen LogP contribution in [0.5, 0.6) is 5.75 Å². The molecule has 0 spiro atoms. The SMILES string of the molecule is CC(C)Oc1ccc(NS(=O)(=O)CC(=O)N2CCCC(NS(C)(=O)=O)C2)cc1. The van der Waals surface area contributed by atoms with Crippen molar-refractivity contribution >= 4 is 31.6 Å². The number of carbonyl (C=O) groups is 1. The van der Waals surface area contributed by atoms with Crippen molar-refractivity contribution in [2.45, 2.75) is 38.8 Å². The Balaban J connectivity index is 1.94. The summed E-state index contributed by atoms with van der Waals surface area (Å²) in [5.41, 5.74) is 0.333. The zero-order chi connectivity index (χ0) is 20.9. The van der Waals surface area contributed by atoms with Gasteiger partial charge in [0.05, 0.1) is 12.4 Å². The molecule has 1 heterocycles. The minimum absolute atomic E-state index is 0.00529. The van der Waals surface area contributed by atoms with Crippen molar-refractivity contribution in [3.63, 3.8) is 0 Å². The summed E-state index contributed by atoms with van der Waals surface area (Å²) in [5, 5.41) is 0. The highest BCUT2D eigenvalue weighted by atomic mass is 32.2. The summed E-state index contributed by atoms with van der Waals surface area (Å²) in [5.74, 6) is -0.651. The zero-order valence-corrected chi connectivity index (χ0v) is 17.8. The monoisotopic (exact) mass is 433 g/mol. The van der Waals surface area contributed by atoms with Gasteiger partial charge in [0.1, 0.15) is 11.5 Å². The lowest BCUT2D eigenvalue weighted by Crippen LogP contribution is -2.50. The third-order valence-corrected chi connectivity index (χ3v) is 5.90. The van der Waals surface area contributed by atoms with Crippen LogP contribution in [0.25, 0.3) is 0 Å². The highest BCUT2D eigenvalue weighted by Crippen LogP contribution is 2.18. The second kappa shape index (κ2) is 9.10. The highest BCUT2D eigenvalue weighted by molar-refractivity contribution is 7.93. The Bertz CT molecular complexity index is 882. The van der Waals surface area contributed by atoms with E-state index < -0.39 is 37.7 Å². The first kappa shape index (κ1) is 22.4. The Morgan fingerprint density at radius 3 is 2.43 bits per heavy atom. The number of likely N-dealkylation sites (tertiary alicyclic amines) is 1. The normalized spacial score (nSPS) is 18.1. The maximum absolute atomic E-state index is 12.4. The van der Waals surface area contributed by atoms with Gasteiger partial charge in [-0.2, -0.15) is 0 Å². The number of hydrogen-bond acceptors (Lipinski definition) is 6. The van der Waals surface area contributed by atoms with Crippen LogP contribution in [0, 0.1) is 0 Å². The van der Waals surface area contributed by atoms with E-state index in [0.717, 1.165) is 6.26 Å². The summed E-state index contributed by atoms with van der Waals surface area (Å²) in [6, 6.07) is 6.01. The van der Waals surface area contributed by atoms with E-state index in [9.17, 15) is 21.6 Å². The smallest absolute Gasteiger partial charge is 0.241 e. The van der Waals surface area contributed by atoms with E-state index in [1.165, 1.54) is 4.90 Å². The van der Waals surface area contributed by atoms with Gasteiger partial charge in [0.25, 0.3) is 0 Å². The van der Waals surface area contributed by atoms with Crippen LogP contribution in [0.1, 0.15) is 26.7 Å². The fraction of sp³-hybridized carbons (Fsp3) is 0.588. The first-order valence-electron chi connectivity index (χ1n) is 8.96. The maximum atomic E-state index is 12.4. The molecule has 2 rings (SSSR count). The number of hydrogen-bond donors (Lipinski definition) is 2. The van der Waals surface area contributed by atoms with Gasteiger partial charge in [0.15, 0.2) is 0 Å². The lowest BCUT2D eigenvalue weighted by molar-refractivity contribution is -0.129. The molecule has 28 heavy (non-hydrogen) atoms. The van der Waals surface area contributed by atoms with E-state index in [1.807, 2.05) is 13.8 Å². The molecule has 1 aromatic rings. The van der Waals surface area contributed by atoms with E-state index in [4.69, 9.17) is 4.74 Å². The van der Waals surface area contributed by atoms with Crippen LogP contribution in [-0.4, -0.2) is 64.9 Å². The molecule has 9 nitrogen and oxygen atoms in total. The summed E-state index contributed by atoms with van der Waals surface area (Å²) >= 11 is 0. The number of sulfonamides is 2. The van der Waals surface area contributed by atoms with E-state index in [1.54, 1.807) is 24.3 Å². The Morgan fingerprint density at radius 1 is 1.21 bits per heavy atom. The molecule has 1 amide bonds. The van der Waals surface area contributed by atoms with Gasteiger partial charge < -0.3 is 9.64 Å². The number of ether oxygens (including phenoxy) is 1. The summed E-state index contributed by atoms with van der Waals surface area (Å²) < 4.78 is 57.7. The number of piperidine rings is 1. The first-order chi connectivity index (χ1) is 12.9. The van der Waals surface area contributed by atoms with Crippen LogP contribution in [0.15, 0.2) is 24.3 Å². The third-order valence-electron chi connectivity index (χ3n) is 3.97. The third kappa shape index (κ3) is 7.64. The predicted molar refractivity (Wildman–Crippen MR) is 107 cm³/mol. The Kier molecular flexibility index (Phi) is 7.29. The molecular formula is C17H27N3O6S2. The Labute approximate surface area is 166 Å². The average Bonchev–Trinajstić information content (AvgIpc) is 2.54. The minimum atomic E-state index is -3.89. The number of amides is 1.